The second-order valence-corrected chi connectivity index (χ2v) is 6.14. The molecule has 1 amide bonds. The average Bonchev–Trinajstić information content (AvgIpc) is 2.36. The molecule has 0 unspecified atom stereocenters. The summed E-state index contributed by atoms with van der Waals surface area (Å²) in [7, 11) is 0. The van der Waals surface area contributed by atoms with E-state index >= 15 is 0 Å². The molecule has 1 atom stereocenters. The van der Waals surface area contributed by atoms with Gasteiger partial charge in [-0.05, 0) is 39.2 Å². The van der Waals surface area contributed by atoms with Crippen molar-refractivity contribution in [2.24, 2.45) is 5.92 Å². The fourth-order valence-corrected chi connectivity index (χ4v) is 2.37. The molecule has 4 heteroatoms. The number of ketones is 1. The Hall–Kier alpha value is -1.84. The Balaban J connectivity index is 1.93. The van der Waals surface area contributed by atoms with Crippen LogP contribution in [0.15, 0.2) is 24.3 Å². The maximum Gasteiger partial charge on any atom is 0.407 e. The lowest BCUT2D eigenvalue weighted by Gasteiger charge is -2.24. The smallest absolute Gasteiger partial charge is 0.407 e. The Morgan fingerprint density at radius 1 is 1.35 bits per heavy atom. The molecule has 0 saturated carbocycles. The van der Waals surface area contributed by atoms with Gasteiger partial charge in [-0.1, -0.05) is 24.3 Å². The van der Waals surface area contributed by atoms with Crippen LogP contribution in [0.3, 0.4) is 0 Å². The molecule has 0 radical (unpaired) electrons. The number of aryl methyl sites for hydroxylation is 1. The van der Waals surface area contributed by atoms with Gasteiger partial charge >= 0.3 is 6.09 Å². The molecule has 0 bridgehead atoms. The summed E-state index contributed by atoms with van der Waals surface area (Å²) >= 11 is 0. The molecule has 1 aromatic carbocycles. The SMILES string of the molecule is CC(C)(C)OC(=O)NC[C@@H]1CCc2ccccc2C1=O. The highest BCUT2D eigenvalue weighted by molar-refractivity contribution is 6.00. The Morgan fingerprint density at radius 2 is 2.05 bits per heavy atom. The fraction of sp³-hybridized carbons (Fsp3) is 0.500. The number of rotatable bonds is 2. The first-order chi connectivity index (χ1) is 9.37. The van der Waals surface area contributed by atoms with Crippen LogP contribution in [0.2, 0.25) is 0 Å². The molecule has 0 heterocycles. The summed E-state index contributed by atoms with van der Waals surface area (Å²) in [5.41, 5.74) is 1.37. The molecule has 0 saturated heterocycles. The lowest BCUT2D eigenvalue weighted by Crippen LogP contribution is -2.38. The number of carbonyl (C=O) groups excluding carboxylic acids is 2. The number of fused-ring (bicyclic) bond motifs is 1. The number of nitrogens with one attached hydrogen (secondary N) is 1. The molecule has 0 spiro atoms. The van der Waals surface area contributed by atoms with E-state index in [4.69, 9.17) is 4.74 Å². The summed E-state index contributed by atoms with van der Waals surface area (Å²) in [6, 6.07) is 7.67. The van der Waals surface area contributed by atoms with Crippen LogP contribution in [0.4, 0.5) is 4.79 Å². The van der Waals surface area contributed by atoms with Gasteiger partial charge in [0.25, 0.3) is 0 Å². The Kier molecular flexibility index (Phi) is 4.12. The molecule has 0 aromatic heterocycles. The normalized spacial score (nSPS) is 18.4. The number of benzene rings is 1. The van der Waals surface area contributed by atoms with Crippen molar-refractivity contribution in [1.82, 2.24) is 5.32 Å². The van der Waals surface area contributed by atoms with E-state index in [1.807, 2.05) is 45.0 Å². The van der Waals surface area contributed by atoms with Gasteiger partial charge in [0.15, 0.2) is 5.78 Å². The summed E-state index contributed by atoms with van der Waals surface area (Å²) in [5.74, 6) is -0.0414. The highest BCUT2D eigenvalue weighted by Crippen LogP contribution is 2.25. The molecule has 1 aliphatic carbocycles. The highest BCUT2D eigenvalue weighted by atomic mass is 16.6. The minimum atomic E-state index is -0.521. The average molecular weight is 275 g/mol. The highest BCUT2D eigenvalue weighted by Gasteiger charge is 2.27. The van der Waals surface area contributed by atoms with Crippen LogP contribution in [0, 0.1) is 5.92 Å². The van der Waals surface area contributed by atoms with Gasteiger partial charge in [0.2, 0.25) is 0 Å². The first kappa shape index (κ1) is 14.6. The lowest BCUT2D eigenvalue weighted by atomic mass is 9.83. The van der Waals surface area contributed by atoms with E-state index in [0.29, 0.717) is 6.54 Å². The quantitative estimate of drug-likeness (QED) is 0.902. The van der Waals surface area contributed by atoms with E-state index in [9.17, 15) is 9.59 Å². The third kappa shape index (κ3) is 3.59. The van der Waals surface area contributed by atoms with Crippen molar-refractivity contribution in [3.8, 4) is 0 Å². The molecule has 20 heavy (non-hydrogen) atoms. The molecule has 4 nitrogen and oxygen atoms in total. The number of carbonyl (C=O) groups is 2. The fourth-order valence-electron chi connectivity index (χ4n) is 2.37. The van der Waals surface area contributed by atoms with Crippen LogP contribution in [-0.4, -0.2) is 24.0 Å². The van der Waals surface area contributed by atoms with Crippen LogP contribution < -0.4 is 5.32 Å². The van der Waals surface area contributed by atoms with Crippen LogP contribution >= 0.6 is 0 Å². The summed E-state index contributed by atoms with van der Waals surface area (Å²) in [6.07, 6.45) is 1.18. The number of hydrogen-bond donors (Lipinski definition) is 1. The van der Waals surface area contributed by atoms with E-state index < -0.39 is 11.7 Å². The van der Waals surface area contributed by atoms with Gasteiger partial charge in [0.1, 0.15) is 5.60 Å². The van der Waals surface area contributed by atoms with Gasteiger partial charge in [-0.25, -0.2) is 4.79 Å². The van der Waals surface area contributed by atoms with Crippen LogP contribution in [0.5, 0.6) is 0 Å². The molecular formula is C16H21NO3. The van der Waals surface area contributed by atoms with Gasteiger partial charge in [-0.15, -0.1) is 0 Å². The monoisotopic (exact) mass is 275 g/mol. The molecule has 108 valence electrons. The third-order valence-electron chi connectivity index (χ3n) is 3.31. The zero-order chi connectivity index (χ0) is 14.8. The third-order valence-corrected chi connectivity index (χ3v) is 3.31. The predicted molar refractivity (Wildman–Crippen MR) is 76.8 cm³/mol. The molecule has 0 aliphatic heterocycles. The minimum absolute atomic E-state index is 0.114. The maximum absolute atomic E-state index is 12.3. The van der Waals surface area contributed by atoms with Crippen molar-refractivity contribution >= 4 is 11.9 Å². The first-order valence-corrected chi connectivity index (χ1v) is 6.96. The van der Waals surface area contributed by atoms with Crippen molar-refractivity contribution in [2.45, 2.75) is 39.2 Å². The van der Waals surface area contributed by atoms with Crippen LogP contribution in [0.25, 0.3) is 0 Å². The maximum atomic E-state index is 12.3. The van der Waals surface area contributed by atoms with E-state index in [-0.39, 0.29) is 11.7 Å². The summed E-state index contributed by atoms with van der Waals surface area (Å²) < 4.78 is 5.17. The molecule has 1 aliphatic rings. The van der Waals surface area contributed by atoms with Crippen molar-refractivity contribution in [2.75, 3.05) is 6.54 Å². The van der Waals surface area contributed by atoms with Crippen LogP contribution in [-0.2, 0) is 11.2 Å². The van der Waals surface area contributed by atoms with Crippen molar-refractivity contribution in [3.63, 3.8) is 0 Å². The molecule has 1 N–H and O–H groups in total. The summed E-state index contributed by atoms with van der Waals surface area (Å²) in [5, 5.41) is 2.69. The van der Waals surface area contributed by atoms with Crippen LogP contribution in [0.1, 0.15) is 43.1 Å². The number of amides is 1. The van der Waals surface area contributed by atoms with Gasteiger partial charge < -0.3 is 10.1 Å². The van der Waals surface area contributed by atoms with E-state index in [0.717, 1.165) is 24.0 Å². The second-order valence-electron chi connectivity index (χ2n) is 6.14. The summed E-state index contributed by atoms with van der Waals surface area (Å²) in [4.78, 5) is 23.9. The number of ether oxygens (including phenoxy) is 1. The van der Waals surface area contributed by atoms with E-state index in [1.54, 1.807) is 0 Å². The molecule has 1 aromatic rings. The number of alkyl carbamates (subject to hydrolysis) is 1. The zero-order valence-corrected chi connectivity index (χ0v) is 12.2. The molecule has 2 rings (SSSR count). The zero-order valence-electron chi connectivity index (χ0n) is 12.2. The Bertz CT molecular complexity index is 517. The van der Waals surface area contributed by atoms with Crippen molar-refractivity contribution < 1.29 is 14.3 Å². The molecular weight excluding hydrogens is 254 g/mol. The summed E-state index contributed by atoms with van der Waals surface area (Å²) in [6.45, 7) is 5.78. The lowest BCUT2D eigenvalue weighted by molar-refractivity contribution is 0.0517. The Labute approximate surface area is 119 Å². The standard InChI is InChI=1S/C16H21NO3/c1-16(2,3)20-15(19)17-10-12-9-8-11-6-4-5-7-13(11)14(12)18/h4-7,12H,8-10H2,1-3H3,(H,17,19)/t12-/m0/s1. The van der Waals surface area contributed by atoms with Gasteiger partial charge in [0, 0.05) is 18.0 Å². The Morgan fingerprint density at radius 3 is 2.75 bits per heavy atom. The van der Waals surface area contributed by atoms with Gasteiger partial charge in [0.05, 0.1) is 0 Å². The largest absolute Gasteiger partial charge is 0.444 e. The topological polar surface area (TPSA) is 55.4 Å². The van der Waals surface area contributed by atoms with Crippen molar-refractivity contribution in [3.05, 3.63) is 35.4 Å². The second kappa shape index (κ2) is 5.65. The number of hydrogen-bond acceptors (Lipinski definition) is 3. The van der Waals surface area contributed by atoms with Gasteiger partial charge in [-0.3, -0.25) is 4.79 Å². The van der Waals surface area contributed by atoms with Crippen molar-refractivity contribution in [1.29, 1.82) is 0 Å². The van der Waals surface area contributed by atoms with Gasteiger partial charge in [-0.2, -0.15) is 0 Å². The molecule has 0 fully saturated rings. The van der Waals surface area contributed by atoms with E-state index in [2.05, 4.69) is 5.32 Å². The van der Waals surface area contributed by atoms with E-state index in [1.165, 1.54) is 0 Å². The minimum Gasteiger partial charge on any atom is -0.444 e. The predicted octanol–water partition coefficient (Wildman–Crippen LogP) is 2.96. The number of Topliss-reactive ketones (excluding diaryl/α,β-unsaturated/α-hetero) is 1. The first-order valence-electron chi connectivity index (χ1n) is 6.96.